The van der Waals surface area contributed by atoms with Crippen LogP contribution in [0.1, 0.15) is 63.5 Å². The number of ether oxygens (including phenoxy) is 1. The first-order chi connectivity index (χ1) is 11.5. The Kier molecular flexibility index (Phi) is 2.70. The maximum Gasteiger partial charge on any atom is 0.276 e. The highest BCUT2D eigenvalue weighted by Gasteiger charge is 2.44. The van der Waals surface area contributed by atoms with E-state index in [0.717, 1.165) is 54.0 Å². The van der Waals surface area contributed by atoms with Gasteiger partial charge >= 0.3 is 0 Å². The molecular weight excluding hydrogens is 298 g/mol. The van der Waals surface area contributed by atoms with Gasteiger partial charge in [0.05, 0.1) is 16.7 Å². The van der Waals surface area contributed by atoms with Gasteiger partial charge in [-0.15, -0.1) is 0 Å². The van der Waals surface area contributed by atoms with Crippen LogP contribution >= 0.6 is 0 Å². The first kappa shape index (κ1) is 14.3. The van der Waals surface area contributed by atoms with Crippen molar-refractivity contribution in [1.29, 1.82) is 0 Å². The Labute approximate surface area is 142 Å². The third-order valence-electron chi connectivity index (χ3n) is 6.10. The van der Waals surface area contributed by atoms with Crippen molar-refractivity contribution in [2.24, 2.45) is 5.41 Å². The van der Waals surface area contributed by atoms with E-state index in [9.17, 15) is 5.21 Å². The largest absolute Gasteiger partial charge is 0.482 e. The van der Waals surface area contributed by atoms with Crippen molar-refractivity contribution in [1.82, 2.24) is 0 Å². The third-order valence-corrected chi connectivity index (χ3v) is 6.10. The van der Waals surface area contributed by atoms with Crippen molar-refractivity contribution in [2.75, 3.05) is 0 Å². The van der Waals surface area contributed by atoms with Gasteiger partial charge in [0, 0.05) is 11.2 Å². The van der Waals surface area contributed by atoms with Gasteiger partial charge in [0.15, 0.2) is 0 Å². The lowest BCUT2D eigenvalue weighted by atomic mass is 9.77. The number of allylic oxidation sites excluding steroid dienone is 2. The molecule has 1 aromatic carbocycles. The van der Waals surface area contributed by atoms with Crippen molar-refractivity contribution >= 4 is 23.0 Å². The molecule has 3 nitrogen and oxygen atoms in total. The van der Waals surface area contributed by atoms with Gasteiger partial charge in [0.1, 0.15) is 11.4 Å². The lowest BCUT2D eigenvalue weighted by Crippen LogP contribution is -2.32. The minimum Gasteiger partial charge on any atom is -0.482 e. The van der Waals surface area contributed by atoms with Crippen LogP contribution in [0.25, 0.3) is 11.6 Å². The molecule has 0 unspecified atom stereocenters. The molecule has 0 atom stereocenters. The first-order valence-corrected chi connectivity index (χ1v) is 9.12. The molecule has 0 aromatic heterocycles. The summed E-state index contributed by atoms with van der Waals surface area (Å²) >= 11 is 0. The molecule has 4 aliphatic rings. The summed E-state index contributed by atoms with van der Waals surface area (Å²) in [5, 5.41) is 10.8. The summed E-state index contributed by atoms with van der Waals surface area (Å²) < 4.78 is 7.81. The normalized spacial score (nSPS) is 25.2. The number of benzene rings is 1. The molecule has 1 fully saturated rings. The smallest absolute Gasteiger partial charge is 0.276 e. The number of fused-ring (bicyclic) bond motifs is 5. The standard InChI is InChI=1S/C21H24NO2/c1-20(2)11-8-17-16(13-20)14-5-6-18-15(19(14)22(17)23)7-12-21(24-18)9-3-4-10-21/h5-7,12-13,23H,3-4,8-11H2,1-2H3/q+1. The number of hydrogen-bond acceptors (Lipinski definition) is 2. The van der Waals surface area contributed by atoms with E-state index < -0.39 is 0 Å². The fourth-order valence-electron chi connectivity index (χ4n) is 4.73. The molecule has 5 rings (SSSR count). The van der Waals surface area contributed by atoms with E-state index in [0.29, 0.717) is 0 Å². The summed E-state index contributed by atoms with van der Waals surface area (Å²) in [6, 6.07) is 4.22. The zero-order valence-corrected chi connectivity index (χ0v) is 14.4. The van der Waals surface area contributed by atoms with E-state index in [2.05, 4.69) is 44.2 Å². The van der Waals surface area contributed by atoms with Gasteiger partial charge in [-0.3, -0.25) is 5.21 Å². The van der Waals surface area contributed by atoms with E-state index in [-0.39, 0.29) is 11.0 Å². The number of hydrogen-bond donors (Lipinski definition) is 1. The SMILES string of the molecule is CC1(C)C=C2C(=[N+](O)c3c2ccc2c3C=CC3(CCCC3)O2)CC1. The molecule has 1 saturated carbocycles. The Hall–Kier alpha value is -2.03. The van der Waals surface area contributed by atoms with Crippen LogP contribution in [0.5, 0.6) is 5.75 Å². The molecule has 124 valence electrons. The van der Waals surface area contributed by atoms with E-state index in [4.69, 9.17) is 4.74 Å². The van der Waals surface area contributed by atoms with Crippen LogP contribution in [0, 0.1) is 5.41 Å². The van der Waals surface area contributed by atoms with Gasteiger partial charge in [-0.1, -0.05) is 19.9 Å². The van der Waals surface area contributed by atoms with Crippen LogP contribution in [0.3, 0.4) is 0 Å². The van der Waals surface area contributed by atoms with Crippen molar-refractivity contribution < 1.29 is 14.7 Å². The van der Waals surface area contributed by atoms with E-state index in [1.54, 1.807) is 0 Å². The van der Waals surface area contributed by atoms with Crippen LogP contribution in [-0.2, 0) is 0 Å². The summed E-state index contributed by atoms with van der Waals surface area (Å²) in [6.07, 6.45) is 13.4. The molecule has 1 N–H and O–H groups in total. The number of nitrogens with zero attached hydrogens (tertiary/aromatic N) is 1. The fraction of sp³-hybridized carbons (Fsp3) is 0.476. The van der Waals surface area contributed by atoms with Gasteiger partial charge < -0.3 is 4.74 Å². The van der Waals surface area contributed by atoms with Gasteiger partial charge in [-0.25, -0.2) is 0 Å². The third kappa shape index (κ3) is 1.87. The highest BCUT2D eigenvalue weighted by molar-refractivity contribution is 6.26. The molecule has 1 spiro atoms. The Bertz CT molecular complexity index is 836. The maximum absolute atomic E-state index is 10.8. The Morgan fingerprint density at radius 1 is 1.12 bits per heavy atom. The van der Waals surface area contributed by atoms with Crippen LogP contribution in [0.2, 0.25) is 0 Å². The van der Waals surface area contributed by atoms with E-state index in [1.807, 2.05) is 0 Å². The first-order valence-electron chi connectivity index (χ1n) is 9.12. The molecule has 2 heterocycles. The summed E-state index contributed by atoms with van der Waals surface area (Å²) in [5.41, 5.74) is 5.35. The Balaban J connectivity index is 1.67. The molecule has 2 aliphatic carbocycles. The quantitative estimate of drug-likeness (QED) is 0.532. The molecule has 0 bridgehead atoms. The second-order valence-corrected chi connectivity index (χ2v) is 8.39. The van der Waals surface area contributed by atoms with Gasteiger partial charge in [-0.05, 0) is 61.8 Å². The van der Waals surface area contributed by atoms with Gasteiger partial charge in [0.2, 0.25) is 5.71 Å². The van der Waals surface area contributed by atoms with Crippen molar-refractivity contribution in [3.05, 3.63) is 35.4 Å². The van der Waals surface area contributed by atoms with Gasteiger partial charge in [-0.2, -0.15) is 0 Å². The average molecular weight is 322 g/mol. The van der Waals surface area contributed by atoms with Crippen LogP contribution in [0.4, 0.5) is 5.69 Å². The summed E-state index contributed by atoms with van der Waals surface area (Å²) in [7, 11) is 0. The molecular formula is C21H24NO2+. The Morgan fingerprint density at radius 3 is 2.71 bits per heavy atom. The monoisotopic (exact) mass is 322 g/mol. The predicted octanol–water partition coefficient (Wildman–Crippen LogP) is 5.10. The van der Waals surface area contributed by atoms with E-state index in [1.165, 1.54) is 23.2 Å². The lowest BCUT2D eigenvalue weighted by Gasteiger charge is -2.31. The molecule has 3 heteroatoms. The van der Waals surface area contributed by atoms with Crippen LogP contribution in [0.15, 0.2) is 24.3 Å². The topological polar surface area (TPSA) is 32.5 Å². The average Bonchev–Trinajstić information content (AvgIpc) is 3.10. The van der Waals surface area contributed by atoms with Crippen LogP contribution in [-0.4, -0.2) is 21.3 Å². The molecule has 0 saturated heterocycles. The highest BCUT2D eigenvalue weighted by atomic mass is 16.5. The lowest BCUT2D eigenvalue weighted by molar-refractivity contribution is -0.711. The molecule has 1 aromatic rings. The minimum atomic E-state index is -0.110. The highest BCUT2D eigenvalue weighted by Crippen LogP contribution is 2.49. The second kappa shape index (κ2) is 4.53. The Morgan fingerprint density at radius 2 is 1.92 bits per heavy atom. The summed E-state index contributed by atoms with van der Waals surface area (Å²) in [4.78, 5) is 0. The summed E-state index contributed by atoms with van der Waals surface area (Å²) in [6.45, 7) is 4.53. The predicted molar refractivity (Wildman–Crippen MR) is 95.0 cm³/mol. The zero-order chi connectivity index (χ0) is 16.5. The summed E-state index contributed by atoms with van der Waals surface area (Å²) in [5.74, 6) is 0.913. The molecule has 24 heavy (non-hydrogen) atoms. The van der Waals surface area contributed by atoms with Crippen molar-refractivity contribution in [2.45, 2.75) is 58.0 Å². The van der Waals surface area contributed by atoms with Gasteiger partial charge in [0.25, 0.3) is 5.69 Å². The van der Waals surface area contributed by atoms with E-state index >= 15 is 0 Å². The van der Waals surface area contributed by atoms with Crippen molar-refractivity contribution in [3.63, 3.8) is 0 Å². The minimum absolute atomic E-state index is 0.110. The number of rotatable bonds is 0. The molecule has 2 aliphatic heterocycles. The maximum atomic E-state index is 10.8. The molecule has 0 radical (unpaired) electrons. The van der Waals surface area contributed by atoms with Crippen LogP contribution < -0.4 is 4.74 Å². The zero-order valence-electron chi connectivity index (χ0n) is 14.4. The van der Waals surface area contributed by atoms with Crippen molar-refractivity contribution in [3.8, 4) is 5.75 Å². The molecule has 0 amide bonds. The fourth-order valence-corrected chi connectivity index (χ4v) is 4.73. The second-order valence-electron chi connectivity index (χ2n) is 8.39.